The van der Waals surface area contributed by atoms with Crippen molar-refractivity contribution in [2.45, 2.75) is 19.4 Å². The summed E-state index contributed by atoms with van der Waals surface area (Å²) in [6, 6.07) is 0. The van der Waals surface area contributed by atoms with Crippen LogP contribution in [0.5, 0.6) is 0 Å². The summed E-state index contributed by atoms with van der Waals surface area (Å²) in [5.41, 5.74) is 6.14. The average Bonchev–Trinajstić information content (AvgIpc) is 2.61. The number of aromatic amines is 1. The van der Waals surface area contributed by atoms with Crippen molar-refractivity contribution in [2.75, 3.05) is 26.4 Å². The highest BCUT2D eigenvalue weighted by atomic mass is 16.2. The van der Waals surface area contributed by atoms with Crippen LogP contribution in [-0.2, 0) is 0 Å². The Balaban J connectivity index is 2.58. The van der Waals surface area contributed by atoms with Gasteiger partial charge >= 0.3 is 0 Å². The molecule has 0 bridgehead atoms. The van der Waals surface area contributed by atoms with E-state index in [0.29, 0.717) is 17.9 Å². The van der Waals surface area contributed by atoms with Gasteiger partial charge in [-0.2, -0.15) is 5.10 Å². The number of anilines is 1. The van der Waals surface area contributed by atoms with Crippen molar-refractivity contribution in [3.05, 3.63) is 11.9 Å². The van der Waals surface area contributed by atoms with Gasteiger partial charge in [-0.05, 0) is 27.9 Å². The summed E-state index contributed by atoms with van der Waals surface area (Å²) in [4.78, 5) is 13.8. The third-order valence-corrected chi connectivity index (χ3v) is 2.79. The largest absolute Gasteiger partial charge is 0.396 e. The highest BCUT2D eigenvalue weighted by molar-refractivity contribution is 5.96. The number of nitrogen functional groups attached to an aromatic ring is 1. The first-order chi connectivity index (χ1) is 7.34. The zero-order chi connectivity index (χ0) is 12.3. The predicted octanol–water partition coefficient (Wildman–Crippen LogP) is 0.0619. The molecular weight excluding hydrogens is 206 g/mol. The van der Waals surface area contributed by atoms with Gasteiger partial charge in [-0.15, -0.1) is 0 Å². The molecule has 0 aliphatic rings. The molecule has 1 aromatic rings. The van der Waals surface area contributed by atoms with Crippen molar-refractivity contribution in [2.24, 2.45) is 0 Å². The lowest BCUT2D eigenvalue weighted by molar-refractivity contribution is 0.0915. The SMILES string of the molecule is CN(C)C(C)(C)CNC(=O)c1[nH]ncc1N. The molecule has 4 N–H and O–H groups in total. The minimum absolute atomic E-state index is 0.107. The summed E-state index contributed by atoms with van der Waals surface area (Å²) < 4.78 is 0. The summed E-state index contributed by atoms with van der Waals surface area (Å²) >= 11 is 0. The second kappa shape index (κ2) is 4.52. The molecule has 0 aliphatic heterocycles. The van der Waals surface area contributed by atoms with Gasteiger partial charge in [0, 0.05) is 12.1 Å². The van der Waals surface area contributed by atoms with Gasteiger partial charge in [0.2, 0.25) is 0 Å². The molecule has 0 radical (unpaired) electrons. The predicted molar refractivity (Wildman–Crippen MR) is 63.1 cm³/mol. The van der Waals surface area contributed by atoms with Crippen molar-refractivity contribution in [1.29, 1.82) is 0 Å². The Morgan fingerprint density at radius 1 is 1.62 bits per heavy atom. The smallest absolute Gasteiger partial charge is 0.271 e. The molecule has 6 nitrogen and oxygen atoms in total. The van der Waals surface area contributed by atoms with Gasteiger partial charge in [0.25, 0.3) is 5.91 Å². The number of hydrogen-bond acceptors (Lipinski definition) is 4. The number of likely N-dealkylation sites (N-methyl/N-ethyl adjacent to an activating group) is 1. The topological polar surface area (TPSA) is 87.0 Å². The maximum Gasteiger partial charge on any atom is 0.271 e. The maximum atomic E-state index is 11.7. The van der Waals surface area contributed by atoms with Crippen LogP contribution in [0.3, 0.4) is 0 Å². The number of aromatic nitrogens is 2. The molecule has 1 heterocycles. The number of nitrogens with two attached hydrogens (primary N) is 1. The normalized spacial score (nSPS) is 11.8. The number of rotatable bonds is 4. The van der Waals surface area contributed by atoms with Gasteiger partial charge in [-0.1, -0.05) is 0 Å². The third-order valence-electron chi connectivity index (χ3n) is 2.79. The molecule has 0 fully saturated rings. The van der Waals surface area contributed by atoms with Crippen molar-refractivity contribution in [3.63, 3.8) is 0 Å². The minimum atomic E-state index is -0.232. The van der Waals surface area contributed by atoms with Crippen LogP contribution in [0.25, 0.3) is 0 Å². The Hall–Kier alpha value is -1.56. The van der Waals surface area contributed by atoms with E-state index < -0.39 is 0 Å². The second-order valence-electron chi connectivity index (χ2n) is 4.59. The van der Waals surface area contributed by atoms with Crippen LogP contribution in [0.4, 0.5) is 5.69 Å². The number of amides is 1. The zero-order valence-corrected chi connectivity index (χ0v) is 10.2. The molecule has 0 saturated heterocycles. The van der Waals surface area contributed by atoms with Gasteiger partial charge in [-0.25, -0.2) is 0 Å². The molecule has 1 amide bonds. The highest BCUT2D eigenvalue weighted by Gasteiger charge is 2.22. The van der Waals surface area contributed by atoms with Gasteiger partial charge < -0.3 is 16.0 Å². The highest BCUT2D eigenvalue weighted by Crippen LogP contribution is 2.09. The van der Waals surface area contributed by atoms with Crippen LogP contribution in [0, 0.1) is 0 Å². The van der Waals surface area contributed by atoms with E-state index in [1.54, 1.807) is 0 Å². The van der Waals surface area contributed by atoms with Crippen molar-refractivity contribution < 1.29 is 4.79 Å². The summed E-state index contributed by atoms with van der Waals surface area (Å²) in [5.74, 6) is -0.232. The molecule has 0 atom stereocenters. The molecule has 6 heteroatoms. The van der Waals surface area contributed by atoms with Crippen LogP contribution in [0.2, 0.25) is 0 Å². The Morgan fingerprint density at radius 3 is 2.69 bits per heavy atom. The minimum Gasteiger partial charge on any atom is -0.396 e. The fraction of sp³-hybridized carbons (Fsp3) is 0.600. The van der Waals surface area contributed by atoms with Crippen molar-refractivity contribution in [3.8, 4) is 0 Å². The molecule has 1 rings (SSSR count). The van der Waals surface area contributed by atoms with E-state index in [1.807, 2.05) is 32.8 Å². The Labute approximate surface area is 95.2 Å². The van der Waals surface area contributed by atoms with Crippen LogP contribution in [-0.4, -0.2) is 47.2 Å². The zero-order valence-electron chi connectivity index (χ0n) is 10.2. The molecule has 0 aromatic carbocycles. The molecule has 0 spiro atoms. The molecule has 0 aliphatic carbocycles. The van der Waals surface area contributed by atoms with E-state index in [2.05, 4.69) is 15.5 Å². The first-order valence-electron chi connectivity index (χ1n) is 5.09. The fourth-order valence-corrected chi connectivity index (χ4v) is 1.02. The van der Waals surface area contributed by atoms with Crippen LogP contribution >= 0.6 is 0 Å². The van der Waals surface area contributed by atoms with Gasteiger partial charge in [-0.3, -0.25) is 9.89 Å². The maximum absolute atomic E-state index is 11.7. The van der Waals surface area contributed by atoms with Crippen LogP contribution in [0.15, 0.2) is 6.20 Å². The van der Waals surface area contributed by atoms with E-state index in [-0.39, 0.29) is 11.4 Å². The third kappa shape index (κ3) is 2.73. The first-order valence-corrected chi connectivity index (χ1v) is 5.09. The van der Waals surface area contributed by atoms with E-state index in [1.165, 1.54) is 6.20 Å². The summed E-state index contributed by atoms with van der Waals surface area (Å²) in [6.07, 6.45) is 1.42. The second-order valence-corrected chi connectivity index (χ2v) is 4.59. The van der Waals surface area contributed by atoms with Crippen molar-refractivity contribution in [1.82, 2.24) is 20.4 Å². The monoisotopic (exact) mass is 225 g/mol. The van der Waals surface area contributed by atoms with Crippen molar-refractivity contribution >= 4 is 11.6 Å². The average molecular weight is 225 g/mol. The van der Waals surface area contributed by atoms with E-state index in [4.69, 9.17) is 5.73 Å². The fourth-order valence-electron chi connectivity index (χ4n) is 1.02. The summed E-state index contributed by atoms with van der Waals surface area (Å²) in [6.45, 7) is 4.63. The number of H-pyrrole nitrogens is 1. The standard InChI is InChI=1S/C10H19N5O/c1-10(2,15(3)4)6-12-9(16)8-7(11)5-13-14-8/h5H,6,11H2,1-4H3,(H,12,16)(H,13,14). The Morgan fingerprint density at radius 2 is 2.25 bits per heavy atom. The lowest BCUT2D eigenvalue weighted by Gasteiger charge is -2.32. The lowest BCUT2D eigenvalue weighted by Crippen LogP contribution is -2.48. The number of nitrogens with one attached hydrogen (secondary N) is 2. The van der Waals surface area contributed by atoms with E-state index in [9.17, 15) is 4.79 Å². The Kier molecular flexibility index (Phi) is 3.54. The molecule has 0 saturated carbocycles. The number of carbonyl (C=O) groups is 1. The molecule has 0 unspecified atom stereocenters. The summed E-state index contributed by atoms with van der Waals surface area (Å²) in [5, 5.41) is 9.09. The van der Waals surface area contributed by atoms with E-state index >= 15 is 0 Å². The molecule has 16 heavy (non-hydrogen) atoms. The van der Waals surface area contributed by atoms with E-state index in [0.717, 1.165) is 0 Å². The summed E-state index contributed by atoms with van der Waals surface area (Å²) in [7, 11) is 3.94. The first kappa shape index (κ1) is 12.5. The number of nitrogens with zero attached hydrogens (tertiary/aromatic N) is 2. The molecule has 1 aromatic heterocycles. The Bertz CT molecular complexity index is 369. The van der Waals surface area contributed by atoms with Gasteiger partial charge in [0.1, 0.15) is 5.69 Å². The molecule has 90 valence electrons. The quantitative estimate of drug-likeness (QED) is 0.676. The molecular formula is C10H19N5O. The van der Waals surface area contributed by atoms with Crippen LogP contribution < -0.4 is 11.1 Å². The van der Waals surface area contributed by atoms with Gasteiger partial charge in [0.05, 0.1) is 11.9 Å². The lowest BCUT2D eigenvalue weighted by atomic mass is 10.0. The number of hydrogen-bond donors (Lipinski definition) is 3. The number of carbonyl (C=O) groups excluding carboxylic acids is 1. The van der Waals surface area contributed by atoms with Gasteiger partial charge in [0.15, 0.2) is 0 Å². The van der Waals surface area contributed by atoms with Crippen LogP contribution in [0.1, 0.15) is 24.3 Å².